The summed E-state index contributed by atoms with van der Waals surface area (Å²) in [5.41, 5.74) is 10.8. The highest BCUT2D eigenvalue weighted by atomic mass is 35.5. The first kappa shape index (κ1) is 34.4. The Morgan fingerprint density at radius 3 is 1.81 bits per heavy atom. The SMILES string of the molecule is CC(N)(c1c(CCOc2ccc(C(=O)O)cc2)c2ccc(Cl)cc2n1C(c1ccccc1)c1ccccc1)S(C)(=O)=O.c1ccccc1. The summed E-state index contributed by atoms with van der Waals surface area (Å²) in [4.78, 5) is 9.46. The topological polar surface area (TPSA) is 112 Å². The molecular weight excluding hydrogens is 644 g/mol. The van der Waals surface area contributed by atoms with E-state index in [1.807, 2.05) is 114 Å². The van der Waals surface area contributed by atoms with Crippen molar-refractivity contribution in [3.8, 4) is 5.75 Å². The van der Waals surface area contributed by atoms with E-state index in [4.69, 9.17) is 22.1 Å². The lowest BCUT2D eigenvalue weighted by Crippen LogP contribution is -2.44. The van der Waals surface area contributed by atoms with E-state index in [9.17, 15) is 18.3 Å². The van der Waals surface area contributed by atoms with Crippen LogP contribution in [0.3, 0.4) is 0 Å². The molecule has 246 valence electrons. The summed E-state index contributed by atoms with van der Waals surface area (Å²) in [7, 11) is -3.82. The van der Waals surface area contributed by atoms with Gasteiger partial charge >= 0.3 is 5.97 Å². The number of fused-ring (bicyclic) bond motifs is 1. The summed E-state index contributed by atoms with van der Waals surface area (Å²) < 4.78 is 34.7. The Kier molecular flexibility index (Phi) is 10.7. The quantitative estimate of drug-likeness (QED) is 0.151. The van der Waals surface area contributed by atoms with Gasteiger partial charge in [0.25, 0.3) is 0 Å². The van der Waals surface area contributed by atoms with Gasteiger partial charge in [0.05, 0.1) is 29.4 Å². The number of rotatable bonds is 10. The van der Waals surface area contributed by atoms with Crippen molar-refractivity contribution < 1.29 is 23.1 Å². The van der Waals surface area contributed by atoms with Crippen LogP contribution in [0.1, 0.15) is 45.7 Å². The van der Waals surface area contributed by atoms with E-state index >= 15 is 0 Å². The summed E-state index contributed by atoms with van der Waals surface area (Å²) in [6, 6.07) is 43.0. The normalized spacial score (nSPS) is 12.6. The lowest BCUT2D eigenvalue weighted by atomic mass is 9.97. The van der Waals surface area contributed by atoms with E-state index in [0.717, 1.165) is 33.8 Å². The Bertz CT molecular complexity index is 2020. The zero-order valence-corrected chi connectivity index (χ0v) is 28.2. The standard InChI is InChI=1S/C33H31ClN2O5S.C6H6/c1-33(35,42(2,39)40)31-28(19-20-41-26-16-13-24(14-17-26)32(37)38)27-18-15-25(34)21-29(27)36(31)30(22-9-5-3-6-10-22)23-11-7-4-8-12-23;1-2-4-6-5-3-1/h3-18,21,30H,19-20,35H2,1-2H3,(H,37,38);1-6H. The molecule has 0 aliphatic carbocycles. The van der Waals surface area contributed by atoms with E-state index in [1.165, 1.54) is 19.1 Å². The van der Waals surface area contributed by atoms with Crippen molar-refractivity contribution in [2.45, 2.75) is 24.3 Å². The van der Waals surface area contributed by atoms with Crippen LogP contribution in [0, 0.1) is 0 Å². The number of nitrogens with two attached hydrogens (primary N) is 1. The number of ether oxygens (including phenoxy) is 1. The second-order valence-corrected chi connectivity index (χ2v) is 14.4. The van der Waals surface area contributed by atoms with E-state index < -0.39 is 26.7 Å². The molecule has 9 heteroatoms. The number of hydrogen-bond donors (Lipinski definition) is 2. The van der Waals surface area contributed by atoms with E-state index in [-0.39, 0.29) is 12.2 Å². The summed E-state index contributed by atoms with van der Waals surface area (Å²) in [5, 5.41) is 10.5. The van der Waals surface area contributed by atoms with Gasteiger partial charge in [-0.15, -0.1) is 0 Å². The Labute approximate surface area is 286 Å². The highest BCUT2D eigenvalue weighted by Gasteiger charge is 2.41. The van der Waals surface area contributed by atoms with Gasteiger partial charge in [-0.1, -0.05) is 115 Å². The number of carboxylic acid groups (broad SMARTS) is 1. The Morgan fingerprint density at radius 2 is 1.33 bits per heavy atom. The van der Waals surface area contributed by atoms with Crippen molar-refractivity contribution in [1.29, 1.82) is 0 Å². The molecular formula is C39H37ClN2O5S. The van der Waals surface area contributed by atoms with Gasteiger partial charge in [0, 0.05) is 23.1 Å². The summed E-state index contributed by atoms with van der Waals surface area (Å²) in [6.07, 6.45) is 1.48. The van der Waals surface area contributed by atoms with Gasteiger partial charge in [-0.3, -0.25) is 0 Å². The molecule has 0 spiro atoms. The van der Waals surface area contributed by atoms with Crippen LogP contribution < -0.4 is 10.5 Å². The highest BCUT2D eigenvalue weighted by molar-refractivity contribution is 7.91. The molecule has 1 atom stereocenters. The Hall–Kier alpha value is -4.89. The fourth-order valence-corrected chi connectivity index (χ4v) is 6.44. The maximum atomic E-state index is 13.3. The highest BCUT2D eigenvalue weighted by Crippen LogP contribution is 2.42. The second kappa shape index (κ2) is 14.9. The molecule has 7 nitrogen and oxygen atoms in total. The lowest BCUT2D eigenvalue weighted by Gasteiger charge is -2.31. The molecule has 0 saturated heterocycles. The van der Waals surface area contributed by atoms with E-state index in [0.29, 0.717) is 22.9 Å². The second-order valence-electron chi connectivity index (χ2n) is 11.5. The number of aromatic carboxylic acids is 1. The van der Waals surface area contributed by atoms with Crippen LogP contribution in [0.5, 0.6) is 5.75 Å². The molecule has 1 heterocycles. The number of carbonyl (C=O) groups is 1. The first-order valence-corrected chi connectivity index (χ1v) is 17.6. The van der Waals surface area contributed by atoms with E-state index in [1.54, 1.807) is 18.2 Å². The number of benzene rings is 5. The molecule has 0 saturated carbocycles. The van der Waals surface area contributed by atoms with Gasteiger partial charge < -0.3 is 20.1 Å². The minimum atomic E-state index is -3.82. The van der Waals surface area contributed by atoms with Crippen LogP contribution in [0.25, 0.3) is 10.9 Å². The Balaban J connectivity index is 0.000000677. The van der Waals surface area contributed by atoms with Crippen molar-refractivity contribution in [3.63, 3.8) is 0 Å². The number of sulfone groups is 1. The first-order valence-electron chi connectivity index (χ1n) is 15.4. The first-order chi connectivity index (χ1) is 23.0. The molecule has 0 fully saturated rings. The summed E-state index contributed by atoms with van der Waals surface area (Å²) in [6.45, 7) is 1.72. The van der Waals surface area contributed by atoms with Crippen molar-refractivity contribution in [3.05, 3.63) is 172 Å². The zero-order chi connectivity index (χ0) is 34.3. The number of carboxylic acids is 1. The van der Waals surface area contributed by atoms with Crippen LogP contribution in [-0.4, -0.2) is 36.9 Å². The van der Waals surface area contributed by atoms with Crippen molar-refractivity contribution >= 4 is 38.3 Å². The zero-order valence-electron chi connectivity index (χ0n) is 26.7. The number of hydrogen-bond acceptors (Lipinski definition) is 5. The average molecular weight is 681 g/mol. The molecule has 1 aromatic heterocycles. The smallest absolute Gasteiger partial charge is 0.335 e. The maximum Gasteiger partial charge on any atom is 0.335 e. The molecule has 0 radical (unpaired) electrons. The third-order valence-corrected chi connectivity index (χ3v) is 10.2. The van der Waals surface area contributed by atoms with Crippen molar-refractivity contribution in [1.82, 2.24) is 4.57 Å². The molecule has 1 unspecified atom stereocenters. The number of nitrogens with zero attached hydrogens (tertiary/aromatic N) is 1. The molecule has 0 aliphatic rings. The fraction of sp³-hybridized carbons (Fsp3) is 0.154. The number of halogens is 1. The average Bonchev–Trinajstić information content (AvgIpc) is 3.40. The van der Waals surface area contributed by atoms with Crippen LogP contribution in [-0.2, 0) is 21.1 Å². The van der Waals surface area contributed by atoms with Gasteiger partial charge in [-0.05, 0) is 60.0 Å². The molecule has 6 rings (SSSR count). The van der Waals surface area contributed by atoms with Crippen LogP contribution in [0.2, 0.25) is 5.02 Å². The van der Waals surface area contributed by atoms with Crippen LogP contribution in [0.15, 0.2) is 140 Å². The third-order valence-electron chi connectivity index (χ3n) is 8.19. The van der Waals surface area contributed by atoms with Crippen molar-refractivity contribution in [2.75, 3.05) is 12.9 Å². The summed E-state index contributed by atoms with van der Waals surface area (Å²) >= 11 is 6.54. The Morgan fingerprint density at radius 1 is 0.833 bits per heavy atom. The largest absolute Gasteiger partial charge is 0.493 e. The monoisotopic (exact) mass is 680 g/mol. The fourth-order valence-electron chi connectivity index (χ4n) is 5.70. The molecule has 48 heavy (non-hydrogen) atoms. The maximum absolute atomic E-state index is 13.3. The van der Waals surface area contributed by atoms with Crippen LogP contribution >= 0.6 is 11.6 Å². The van der Waals surface area contributed by atoms with Gasteiger partial charge in [-0.2, -0.15) is 0 Å². The van der Waals surface area contributed by atoms with E-state index in [2.05, 4.69) is 0 Å². The minimum Gasteiger partial charge on any atom is -0.493 e. The molecule has 3 N–H and O–H groups in total. The van der Waals surface area contributed by atoms with Crippen LogP contribution in [0.4, 0.5) is 0 Å². The van der Waals surface area contributed by atoms with Crippen molar-refractivity contribution in [2.24, 2.45) is 5.73 Å². The summed E-state index contributed by atoms with van der Waals surface area (Å²) in [5.74, 6) is -0.523. The predicted molar refractivity (Wildman–Crippen MR) is 192 cm³/mol. The lowest BCUT2D eigenvalue weighted by molar-refractivity contribution is 0.0697. The van der Waals surface area contributed by atoms with Gasteiger partial charge in [0.2, 0.25) is 0 Å². The van der Waals surface area contributed by atoms with Gasteiger partial charge in [0.15, 0.2) is 14.7 Å². The molecule has 6 aromatic rings. The number of aromatic nitrogens is 1. The predicted octanol–water partition coefficient (Wildman–Crippen LogP) is 8.11. The molecule has 0 bridgehead atoms. The molecule has 0 aliphatic heterocycles. The minimum absolute atomic E-state index is 0.157. The molecule has 5 aromatic carbocycles. The van der Waals surface area contributed by atoms with Gasteiger partial charge in [0.1, 0.15) is 5.75 Å². The third kappa shape index (κ3) is 7.63. The molecule has 0 amide bonds. The van der Waals surface area contributed by atoms with Gasteiger partial charge in [-0.25, -0.2) is 13.2 Å².